The minimum absolute atomic E-state index is 0.101. The maximum Gasteiger partial charge on any atom is 0.220 e. The van der Waals surface area contributed by atoms with Gasteiger partial charge >= 0.3 is 0 Å². The first-order valence-electron chi connectivity index (χ1n) is 11.8. The van der Waals surface area contributed by atoms with E-state index < -0.39 is 0 Å². The summed E-state index contributed by atoms with van der Waals surface area (Å²) >= 11 is 1.70. The molecule has 1 atom stereocenters. The van der Waals surface area contributed by atoms with E-state index in [9.17, 15) is 4.79 Å². The van der Waals surface area contributed by atoms with Crippen LogP contribution >= 0.6 is 11.8 Å². The number of para-hydroxylation sites is 1. The molecule has 1 amide bonds. The fraction of sp³-hybridized carbons (Fsp3) is 0.423. The third-order valence-electron chi connectivity index (χ3n) is 5.81. The van der Waals surface area contributed by atoms with E-state index in [2.05, 4.69) is 63.4 Å². The summed E-state index contributed by atoms with van der Waals surface area (Å²) in [5.74, 6) is 1.88. The summed E-state index contributed by atoms with van der Waals surface area (Å²) in [6, 6.07) is 18.9. The number of ether oxygens (including phenoxy) is 1. The highest BCUT2D eigenvalue weighted by atomic mass is 32.2. The maximum atomic E-state index is 12.1. The molecular weight excluding hydrogens is 432 g/mol. The molecule has 1 N–H and O–H groups in total. The molecule has 1 saturated heterocycles. The second kappa shape index (κ2) is 12.0. The predicted molar refractivity (Wildman–Crippen MR) is 132 cm³/mol. The van der Waals surface area contributed by atoms with Gasteiger partial charge in [-0.25, -0.2) is 0 Å². The molecule has 1 unspecified atom stereocenters. The summed E-state index contributed by atoms with van der Waals surface area (Å²) < 4.78 is 7.71. The Labute approximate surface area is 200 Å². The summed E-state index contributed by atoms with van der Waals surface area (Å²) in [7, 11) is 0. The Morgan fingerprint density at radius 3 is 2.70 bits per heavy atom. The molecule has 6 nitrogen and oxygen atoms in total. The number of aryl methyl sites for hydroxylation is 2. The van der Waals surface area contributed by atoms with Gasteiger partial charge < -0.3 is 10.1 Å². The van der Waals surface area contributed by atoms with Crippen LogP contribution in [0.25, 0.3) is 5.69 Å². The van der Waals surface area contributed by atoms with Crippen molar-refractivity contribution in [3.8, 4) is 5.69 Å². The van der Waals surface area contributed by atoms with Gasteiger partial charge in [0.05, 0.1) is 6.10 Å². The highest BCUT2D eigenvalue weighted by Crippen LogP contribution is 2.26. The van der Waals surface area contributed by atoms with Crippen LogP contribution in [0, 0.1) is 6.92 Å². The van der Waals surface area contributed by atoms with Crippen LogP contribution in [0.15, 0.2) is 59.8 Å². The number of carbonyl (C=O) groups is 1. The molecule has 33 heavy (non-hydrogen) atoms. The number of hydrogen-bond acceptors (Lipinski definition) is 5. The summed E-state index contributed by atoms with van der Waals surface area (Å²) in [6.45, 7) is 3.54. The van der Waals surface area contributed by atoms with Gasteiger partial charge in [0.2, 0.25) is 5.91 Å². The number of thioether (sulfide) groups is 1. The Morgan fingerprint density at radius 2 is 1.94 bits per heavy atom. The number of nitrogens with one attached hydrogen (secondary N) is 1. The number of benzene rings is 2. The van der Waals surface area contributed by atoms with E-state index in [-0.39, 0.29) is 12.0 Å². The van der Waals surface area contributed by atoms with Crippen LogP contribution < -0.4 is 5.32 Å². The number of unbranched alkanes of at least 4 members (excludes halogenated alkanes) is 1. The van der Waals surface area contributed by atoms with Crippen molar-refractivity contribution in [2.24, 2.45) is 0 Å². The predicted octanol–water partition coefficient (Wildman–Crippen LogP) is 4.88. The van der Waals surface area contributed by atoms with Gasteiger partial charge in [-0.1, -0.05) is 59.8 Å². The van der Waals surface area contributed by atoms with Crippen LogP contribution in [0.2, 0.25) is 0 Å². The molecule has 2 heterocycles. The van der Waals surface area contributed by atoms with Crippen LogP contribution in [0.3, 0.4) is 0 Å². The van der Waals surface area contributed by atoms with Crippen LogP contribution in [0.1, 0.15) is 49.1 Å². The molecule has 0 radical (unpaired) electrons. The van der Waals surface area contributed by atoms with E-state index >= 15 is 0 Å². The van der Waals surface area contributed by atoms with Crippen LogP contribution in [-0.2, 0) is 21.7 Å². The lowest BCUT2D eigenvalue weighted by molar-refractivity contribution is -0.121. The fourth-order valence-corrected chi connectivity index (χ4v) is 4.84. The Morgan fingerprint density at radius 1 is 1.12 bits per heavy atom. The van der Waals surface area contributed by atoms with Crippen LogP contribution in [0.5, 0.6) is 0 Å². The first-order valence-corrected chi connectivity index (χ1v) is 12.7. The number of nitrogens with zero attached hydrogens (tertiary/aromatic N) is 3. The summed E-state index contributed by atoms with van der Waals surface area (Å²) in [4.78, 5) is 12.1. The Bertz CT molecular complexity index is 1010. The van der Waals surface area contributed by atoms with Gasteiger partial charge in [-0.2, -0.15) is 0 Å². The summed E-state index contributed by atoms with van der Waals surface area (Å²) in [5, 5.41) is 12.9. The quantitative estimate of drug-likeness (QED) is 0.324. The van der Waals surface area contributed by atoms with Crippen LogP contribution in [-0.4, -0.2) is 39.9 Å². The normalized spacial score (nSPS) is 15.6. The van der Waals surface area contributed by atoms with Crippen molar-refractivity contribution in [2.75, 3.05) is 13.2 Å². The number of rotatable bonds is 11. The van der Waals surface area contributed by atoms with E-state index in [4.69, 9.17) is 4.74 Å². The van der Waals surface area contributed by atoms with Crippen molar-refractivity contribution in [2.45, 2.75) is 62.5 Å². The van der Waals surface area contributed by atoms with E-state index in [1.165, 1.54) is 11.1 Å². The average Bonchev–Trinajstić information content (AvgIpc) is 3.51. The zero-order valence-corrected chi connectivity index (χ0v) is 20.0. The van der Waals surface area contributed by atoms with Crippen LogP contribution in [0.4, 0.5) is 0 Å². The van der Waals surface area contributed by atoms with Gasteiger partial charge in [-0.05, 0) is 50.3 Å². The zero-order valence-electron chi connectivity index (χ0n) is 19.2. The van der Waals surface area contributed by atoms with Crippen molar-refractivity contribution < 1.29 is 9.53 Å². The lowest BCUT2D eigenvalue weighted by Crippen LogP contribution is -2.31. The highest BCUT2D eigenvalue weighted by molar-refractivity contribution is 7.98. The molecule has 0 saturated carbocycles. The van der Waals surface area contributed by atoms with Crippen molar-refractivity contribution in [1.29, 1.82) is 0 Å². The maximum absolute atomic E-state index is 12.1. The third kappa shape index (κ3) is 6.92. The molecule has 1 fully saturated rings. The minimum atomic E-state index is 0.101. The van der Waals surface area contributed by atoms with Crippen molar-refractivity contribution in [3.63, 3.8) is 0 Å². The Kier molecular flexibility index (Phi) is 8.55. The lowest BCUT2D eigenvalue weighted by Gasteiger charge is -2.11. The highest BCUT2D eigenvalue weighted by Gasteiger charge is 2.17. The molecule has 3 aromatic rings. The van der Waals surface area contributed by atoms with Crippen molar-refractivity contribution in [1.82, 2.24) is 20.1 Å². The molecule has 1 aliphatic heterocycles. The van der Waals surface area contributed by atoms with Gasteiger partial charge in [-0.3, -0.25) is 9.36 Å². The largest absolute Gasteiger partial charge is 0.376 e. The first-order chi connectivity index (χ1) is 16.2. The van der Waals surface area contributed by atoms with E-state index in [1.807, 2.05) is 18.2 Å². The third-order valence-corrected chi connectivity index (χ3v) is 6.81. The first kappa shape index (κ1) is 23.5. The van der Waals surface area contributed by atoms with Crippen molar-refractivity contribution in [3.05, 3.63) is 71.5 Å². The second-order valence-corrected chi connectivity index (χ2v) is 9.43. The van der Waals surface area contributed by atoms with Gasteiger partial charge in [0.1, 0.15) is 5.82 Å². The molecule has 1 aliphatic rings. The van der Waals surface area contributed by atoms with E-state index in [0.29, 0.717) is 13.0 Å². The number of hydrogen-bond donors (Lipinski definition) is 1. The number of carbonyl (C=O) groups excluding carboxylic acids is 1. The smallest absolute Gasteiger partial charge is 0.220 e. The SMILES string of the molecule is Cc1ccc(CSc2nnc(CCCCC(=O)NCC3CCCO3)n2-c2ccccc2)cc1. The summed E-state index contributed by atoms with van der Waals surface area (Å²) in [5.41, 5.74) is 3.60. The standard InChI is InChI=1S/C26H32N4O2S/c1-20-13-15-21(16-14-20)19-33-26-29-28-24(30(26)22-8-3-2-4-9-22)11-5-6-12-25(31)27-18-23-10-7-17-32-23/h2-4,8-9,13-16,23H,5-7,10-12,17-19H2,1H3,(H,27,31). The second-order valence-electron chi connectivity index (χ2n) is 8.49. The fourth-order valence-electron chi connectivity index (χ4n) is 3.91. The van der Waals surface area contributed by atoms with Gasteiger partial charge in [0, 0.05) is 37.4 Å². The van der Waals surface area contributed by atoms with E-state index in [1.54, 1.807) is 11.8 Å². The molecule has 0 aliphatic carbocycles. The Balaban J connectivity index is 1.33. The minimum Gasteiger partial charge on any atom is -0.376 e. The molecular formula is C26H32N4O2S. The summed E-state index contributed by atoms with van der Waals surface area (Å²) in [6.07, 6.45) is 5.35. The lowest BCUT2D eigenvalue weighted by atomic mass is 10.1. The van der Waals surface area contributed by atoms with Gasteiger partial charge in [-0.15, -0.1) is 10.2 Å². The molecule has 7 heteroatoms. The molecule has 4 rings (SSSR count). The molecule has 0 spiro atoms. The van der Waals surface area contributed by atoms with Gasteiger partial charge in [0.15, 0.2) is 5.16 Å². The monoisotopic (exact) mass is 464 g/mol. The average molecular weight is 465 g/mol. The molecule has 174 valence electrons. The van der Waals surface area contributed by atoms with E-state index in [0.717, 1.165) is 61.1 Å². The molecule has 0 bridgehead atoms. The van der Waals surface area contributed by atoms with Crippen molar-refractivity contribution >= 4 is 17.7 Å². The Hall–Kier alpha value is -2.64. The topological polar surface area (TPSA) is 69.0 Å². The number of amides is 1. The number of aromatic nitrogens is 3. The van der Waals surface area contributed by atoms with Gasteiger partial charge in [0.25, 0.3) is 0 Å². The molecule has 2 aromatic carbocycles. The zero-order chi connectivity index (χ0) is 22.9. The molecule has 1 aromatic heterocycles.